The third-order valence-electron chi connectivity index (χ3n) is 4.66. The number of amides is 1. The largest absolute Gasteiger partial charge is 0.381 e. The van der Waals surface area contributed by atoms with Crippen LogP contribution < -0.4 is 5.32 Å². The van der Waals surface area contributed by atoms with Gasteiger partial charge < -0.3 is 14.8 Å². The zero-order valence-electron chi connectivity index (χ0n) is 14.7. The van der Waals surface area contributed by atoms with Crippen molar-refractivity contribution in [2.24, 2.45) is 0 Å². The number of morpholine rings is 1. The number of carbonyl (C=O) groups is 1. The molecular formula is C17H28N4O3. The highest BCUT2D eigenvalue weighted by Crippen LogP contribution is 2.11. The highest BCUT2D eigenvalue weighted by Gasteiger charge is 2.24. The number of aryl methyl sites for hydroxylation is 2. The molecule has 134 valence electrons. The Labute approximate surface area is 143 Å². The third kappa shape index (κ3) is 4.78. The van der Waals surface area contributed by atoms with E-state index in [1.54, 1.807) is 0 Å². The molecule has 7 nitrogen and oxygen atoms in total. The topological polar surface area (TPSA) is 68.6 Å². The Bertz CT molecular complexity index is 554. The molecule has 0 unspecified atom stereocenters. The molecule has 2 saturated heterocycles. The van der Waals surface area contributed by atoms with Crippen LogP contribution in [0.2, 0.25) is 0 Å². The normalized spacial score (nSPS) is 23.3. The van der Waals surface area contributed by atoms with Gasteiger partial charge in [-0.3, -0.25) is 14.4 Å². The van der Waals surface area contributed by atoms with Gasteiger partial charge in [0, 0.05) is 38.0 Å². The van der Waals surface area contributed by atoms with Crippen molar-refractivity contribution in [1.29, 1.82) is 0 Å². The maximum absolute atomic E-state index is 12.2. The van der Waals surface area contributed by atoms with Crippen LogP contribution in [-0.4, -0.2) is 72.2 Å². The predicted molar refractivity (Wildman–Crippen MR) is 89.9 cm³/mol. The van der Waals surface area contributed by atoms with Crippen molar-refractivity contribution in [3.8, 4) is 0 Å². The lowest BCUT2D eigenvalue weighted by molar-refractivity contribution is -0.125. The summed E-state index contributed by atoms with van der Waals surface area (Å²) in [5, 5.41) is 7.62. The van der Waals surface area contributed by atoms with Gasteiger partial charge in [0.05, 0.1) is 31.5 Å². The molecule has 2 aliphatic rings. The molecule has 0 aliphatic carbocycles. The number of nitrogens with one attached hydrogen (secondary N) is 1. The lowest BCUT2D eigenvalue weighted by atomic mass is 10.1. The number of nitrogens with zero attached hydrogens (tertiary/aromatic N) is 3. The molecule has 0 radical (unpaired) electrons. The fourth-order valence-electron chi connectivity index (χ4n) is 3.41. The van der Waals surface area contributed by atoms with Crippen LogP contribution in [0.5, 0.6) is 0 Å². The molecule has 24 heavy (non-hydrogen) atoms. The highest BCUT2D eigenvalue weighted by molar-refractivity contribution is 5.78. The van der Waals surface area contributed by atoms with Gasteiger partial charge in [0.2, 0.25) is 5.91 Å². The summed E-state index contributed by atoms with van der Waals surface area (Å²) in [5.74, 6) is 0.105. The minimum atomic E-state index is 0.0765. The van der Waals surface area contributed by atoms with Crippen LogP contribution in [0, 0.1) is 13.8 Å². The van der Waals surface area contributed by atoms with E-state index in [0.717, 1.165) is 57.1 Å². The summed E-state index contributed by atoms with van der Waals surface area (Å²) in [6.07, 6.45) is 1.90. The van der Waals surface area contributed by atoms with Gasteiger partial charge in [-0.1, -0.05) is 0 Å². The standard InChI is InChI=1S/C17H28N4O3/c1-13-9-14(2)21(19-13)11-16-10-20(5-8-24-16)12-17(22)18-15-3-6-23-7-4-15/h9,15-16H,3-8,10-12H2,1-2H3,(H,18,22)/t16-/m0/s1. The van der Waals surface area contributed by atoms with E-state index in [4.69, 9.17) is 9.47 Å². The molecule has 2 aliphatic heterocycles. The monoisotopic (exact) mass is 336 g/mol. The van der Waals surface area contributed by atoms with Crippen molar-refractivity contribution < 1.29 is 14.3 Å². The summed E-state index contributed by atoms with van der Waals surface area (Å²) < 4.78 is 13.2. The van der Waals surface area contributed by atoms with E-state index in [0.29, 0.717) is 13.2 Å². The molecule has 3 rings (SSSR count). The first kappa shape index (κ1) is 17.4. The fraction of sp³-hybridized carbons (Fsp3) is 0.765. The molecule has 0 spiro atoms. The van der Waals surface area contributed by atoms with Crippen molar-refractivity contribution in [3.63, 3.8) is 0 Å². The number of rotatable bonds is 5. The zero-order valence-corrected chi connectivity index (χ0v) is 14.7. The van der Waals surface area contributed by atoms with Gasteiger partial charge in [-0.15, -0.1) is 0 Å². The van der Waals surface area contributed by atoms with Crippen LogP contribution >= 0.6 is 0 Å². The summed E-state index contributed by atoms with van der Waals surface area (Å²) in [7, 11) is 0. The SMILES string of the molecule is Cc1cc(C)n(C[C@@H]2CN(CC(=O)NC3CCOCC3)CCO2)n1. The van der Waals surface area contributed by atoms with E-state index < -0.39 is 0 Å². The van der Waals surface area contributed by atoms with Crippen molar-refractivity contribution in [2.45, 2.75) is 45.4 Å². The fourth-order valence-corrected chi connectivity index (χ4v) is 3.41. The second-order valence-corrected chi connectivity index (χ2v) is 6.79. The molecule has 3 heterocycles. The third-order valence-corrected chi connectivity index (χ3v) is 4.66. The van der Waals surface area contributed by atoms with E-state index >= 15 is 0 Å². The molecule has 7 heteroatoms. The Morgan fingerprint density at radius 1 is 1.33 bits per heavy atom. The maximum atomic E-state index is 12.2. The minimum absolute atomic E-state index is 0.0765. The molecule has 0 aromatic carbocycles. The van der Waals surface area contributed by atoms with Gasteiger partial charge in [-0.25, -0.2) is 0 Å². The number of hydrogen-bond acceptors (Lipinski definition) is 5. The summed E-state index contributed by atoms with van der Waals surface area (Å²) in [6, 6.07) is 2.33. The van der Waals surface area contributed by atoms with E-state index in [-0.39, 0.29) is 18.1 Å². The molecule has 0 bridgehead atoms. The molecular weight excluding hydrogens is 308 g/mol. The van der Waals surface area contributed by atoms with Crippen molar-refractivity contribution in [1.82, 2.24) is 20.0 Å². The van der Waals surface area contributed by atoms with Gasteiger partial charge in [-0.2, -0.15) is 5.10 Å². The molecule has 2 fully saturated rings. The molecule has 1 amide bonds. The van der Waals surface area contributed by atoms with Crippen LogP contribution in [0.15, 0.2) is 6.07 Å². The van der Waals surface area contributed by atoms with E-state index in [2.05, 4.69) is 28.3 Å². The van der Waals surface area contributed by atoms with E-state index in [1.807, 2.05) is 11.6 Å². The van der Waals surface area contributed by atoms with Gasteiger partial charge in [0.15, 0.2) is 0 Å². The Balaban J connectivity index is 1.46. The first-order valence-electron chi connectivity index (χ1n) is 8.82. The number of carbonyl (C=O) groups excluding carboxylic acids is 1. The summed E-state index contributed by atoms with van der Waals surface area (Å²) in [5.41, 5.74) is 2.17. The number of hydrogen-bond donors (Lipinski definition) is 1. The average Bonchev–Trinajstić information content (AvgIpc) is 2.86. The Morgan fingerprint density at radius 3 is 2.83 bits per heavy atom. The van der Waals surface area contributed by atoms with Crippen LogP contribution in [0.3, 0.4) is 0 Å². The van der Waals surface area contributed by atoms with Gasteiger partial charge in [0.1, 0.15) is 0 Å². The molecule has 1 N–H and O–H groups in total. The lowest BCUT2D eigenvalue weighted by Crippen LogP contribution is -2.50. The second-order valence-electron chi connectivity index (χ2n) is 6.79. The van der Waals surface area contributed by atoms with Crippen LogP contribution in [-0.2, 0) is 20.8 Å². The first-order chi connectivity index (χ1) is 11.6. The predicted octanol–water partition coefficient (Wildman–Crippen LogP) is 0.496. The second kappa shape index (κ2) is 8.09. The minimum Gasteiger partial charge on any atom is -0.381 e. The first-order valence-corrected chi connectivity index (χ1v) is 8.82. The van der Waals surface area contributed by atoms with Gasteiger partial charge >= 0.3 is 0 Å². The van der Waals surface area contributed by atoms with Crippen LogP contribution in [0.25, 0.3) is 0 Å². The number of ether oxygens (including phenoxy) is 2. The Hall–Kier alpha value is -1.44. The maximum Gasteiger partial charge on any atom is 0.234 e. The van der Waals surface area contributed by atoms with Crippen molar-refractivity contribution in [3.05, 3.63) is 17.5 Å². The van der Waals surface area contributed by atoms with E-state index in [1.165, 1.54) is 0 Å². The highest BCUT2D eigenvalue weighted by atomic mass is 16.5. The Kier molecular flexibility index (Phi) is 5.86. The van der Waals surface area contributed by atoms with Gasteiger partial charge in [0.25, 0.3) is 0 Å². The molecule has 0 saturated carbocycles. The van der Waals surface area contributed by atoms with Gasteiger partial charge in [-0.05, 0) is 32.8 Å². The molecule has 1 aromatic heterocycles. The van der Waals surface area contributed by atoms with Crippen LogP contribution in [0.1, 0.15) is 24.2 Å². The summed E-state index contributed by atoms with van der Waals surface area (Å²) in [6.45, 7) is 8.94. The molecule has 1 aromatic rings. The zero-order chi connectivity index (χ0) is 16.9. The lowest BCUT2D eigenvalue weighted by Gasteiger charge is -2.33. The number of aromatic nitrogens is 2. The van der Waals surface area contributed by atoms with Crippen LogP contribution in [0.4, 0.5) is 0 Å². The van der Waals surface area contributed by atoms with Crippen molar-refractivity contribution in [2.75, 3.05) is 39.5 Å². The quantitative estimate of drug-likeness (QED) is 0.848. The van der Waals surface area contributed by atoms with E-state index in [9.17, 15) is 4.79 Å². The Morgan fingerprint density at radius 2 is 2.12 bits per heavy atom. The average molecular weight is 336 g/mol. The summed E-state index contributed by atoms with van der Waals surface area (Å²) >= 11 is 0. The smallest absolute Gasteiger partial charge is 0.234 e. The molecule has 1 atom stereocenters. The van der Waals surface area contributed by atoms with Crippen molar-refractivity contribution >= 4 is 5.91 Å². The summed E-state index contributed by atoms with van der Waals surface area (Å²) in [4.78, 5) is 14.4.